The summed E-state index contributed by atoms with van der Waals surface area (Å²) < 4.78 is 20.3. The van der Waals surface area contributed by atoms with Crippen LogP contribution in [-0.2, 0) is 22.6 Å². The number of rotatable bonds is 9. The number of halogens is 1. The third kappa shape index (κ3) is 6.72. The van der Waals surface area contributed by atoms with E-state index < -0.39 is 5.97 Å². The molecule has 1 N–H and O–H groups in total. The Labute approximate surface area is 165 Å². The number of benzene rings is 1. The van der Waals surface area contributed by atoms with Crippen LogP contribution in [0.3, 0.4) is 0 Å². The summed E-state index contributed by atoms with van der Waals surface area (Å²) in [5.41, 5.74) is 1.77. The van der Waals surface area contributed by atoms with Gasteiger partial charge in [0, 0.05) is 25.0 Å². The van der Waals surface area contributed by atoms with Crippen LogP contribution in [0.15, 0.2) is 42.6 Å². The monoisotopic (exact) mass is 389 g/mol. The highest BCUT2D eigenvalue weighted by molar-refractivity contribution is 5.80. The maximum absolute atomic E-state index is 13.5. The fourth-order valence-electron chi connectivity index (χ4n) is 2.91. The number of urea groups is 1. The first-order valence-corrected chi connectivity index (χ1v) is 9.46. The summed E-state index contributed by atoms with van der Waals surface area (Å²) in [5, 5.41) is 2.62. The topological polar surface area (TPSA) is 63.6 Å². The first-order chi connectivity index (χ1) is 13.4. The number of nitrogens with zero attached hydrogens (tertiary/aromatic N) is 2. The second-order valence-corrected chi connectivity index (χ2v) is 7.00. The summed E-state index contributed by atoms with van der Waals surface area (Å²) in [5.74, 6) is -0.471. The molecule has 0 aliphatic carbocycles. The van der Waals surface area contributed by atoms with E-state index in [0.29, 0.717) is 19.6 Å². The molecule has 152 valence electrons. The van der Waals surface area contributed by atoms with Crippen molar-refractivity contribution >= 4 is 12.0 Å². The summed E-state index contributed by atoms with van der Waals surface area (Å²) in [6, 6.07) is 9.98. The van der Waals surface area contributed by atoms with Crippen molar-refractivity contribution in [2.24, 2.45) is 5.92 Å². The summed E-state index contributed by atoms with van der Waals surface area (Å²) in [4.78, 5) is 25.7. The standard InChI is InChI=1S/C21H28FN3O3/c1-4-28-20(26)12-23-21(27)25(13-16(2)3)15-19-9-6-10-24(19)14-17-7-5-8-18(22)11-17/h5-11,16H,4,12-15H2,1-3H3,(H,23,27). The van der Waals surface area contributed by atoms with Gasteiger partial charge in [0.25, 0.3) is 0 Å². The van der Waals surface area contributed by atoms with Crippen molar-refractivity contribution in [2.45, 2.75) is 33.9 Å². The maximum atomic E-state index is 13.5. The average molecular weight is 389 g/mol. The largest absolute Gasteiger partial charge is 0.465 e. The van der Waals surface area contributed by atoms with Crippen molar-refractivity contribution in [3.63, 3.8) is 0 Å². The molecule has 0 saturated heterocycles. The molecule has 28 heavy (non-hydrogen) atoms. The Morgan fingerprint density at radius 2 is 2.04 bits per heavy atom. The van der Waals surface area contributed by atoms with Crippen LogP contribution >= 0.6 is 0 Å². The van der Waals surface area contributed by atoms with Gasteiger partial charge in [0.05, 0.1) is 13.2 Å². The number of hydrogen-bond donors (Lipinski definition) is 1. The van der Waals surface area contributed by atoms with Gasteiger partial charge in [0.2, 0.25) is 0 Å². The third-order valence-electron chi connectivity index (χ3n) is 4.08. The van der Waals surface area contributed by atoms with Gasteiger partial charge in [-0.3, -0.25) is 4.79 Å². The van der Waals surface area contributed by atoms with E-state index in [2.05, 4.69) is 5.32 Å². The Balaban J connectivity index is 2.07. The molecule has 2 rings (SSSR count). The number of esters is 1. The van der Waals surface area contributed by atoms with Crippen LogP contribution in [0.1, 0.15) is 32.0 Å². The summed E-state index contributed by atoms with van der Waals surface area (Å²) >= 11 is 0. The number of hydrogen-bond acceptors (Lipinski definition) is 3. The molecule has 0 atom stereocenters. The Bertz CT molecular complexity index is 789. The van der Waals surface area contributed by atoms with Gasteiger partial charge in [-0.05, 0) is 42.7 Å². The number of aromatic nitrogens is 1. The highest BCUT2D eigenvalue weighted by Gasteiger charge is 2.18. The average Bonchev–Trinajstić information content (AvgIpc) is 3.06. The number of amides is 2. The van der Waals surface area contributed by atoms with Crippen molar-refractivity contribution in [2.75, 3.05) is 19.7 Å². The van der Waals surface area contributed by atoms with Crippen molar-refractivity contribution in [3.05, 3.63) is 59.7 Å². The number of nitrogens with one attached hydrogen (secondary N) is 1. The lowest BCUT2D eigenvalue weighted by molar-refractivity contribution is -0.141. The maximum Gasteiger partial charge on any atom is 0.325 e. The van der Waals surface area contributed by atoms with Crippen molar-refractivity contribution < 1.29 is 18.7 Å². The highest BCUT2D eigenvalue weighted by atomic mass is 19.1. The van der Waals surface area contributed by atoms with Gasteiger partial charge in [0.15, 0.2) is 0 Å². The minimum atomic E-state index is -0.463. The van der Waals surface area contributed by atoms with Crippen LogP contribution < -0.4 is 5.32 Å². The van der Waals surface area contributed by atoms with E-state index in [1.54, 1.807) is 17.9 Å². The SMILES string of the molecule is CCOC(=O)CNC(=O)N(Cc1cccn1Cc1cccc(F)c1)CC(C)C. The molecule has 0 spiro atoms. The van der Waals surface area contributed by atoms with Crippen LogP contribution in [-0.4, -0.2) is 41.2 Å². The Hall–Kier alpha value is -2.83. The molecule has 0 radical (unpaired) electrons. The summed E-state index contributed by atoms with van der Waals surface area (Å²) in [6.45, 7) is 7.32. The fourth-order valence-corrected chi connectivity index (χ4v) is 2.91. The molecule has 0 aliphatic rings. The quantitative estimate of drug-likeness (QED) is 0.669. The van der Waals surface area contributed by atoms with E-state index in [-0.39, 0.29) is 30.9 Å². The Morgan fingerprint density at radius 1 is 1.25 bits per heavy atom. The molecule has 0 aliphatic heterocycles. The molecule has 7 heteroatoms. The number of carbonyl (C=O) groups is 2. The van der Waals surface area contributed by atoms with Gasteiger partial charge in [-0.15, -0.1) is 0 Å². The van der Waals surface area contributed by atoms with Gasteiger partial charge >= 0.3 is 12.0 Å². The molecule has 0 saturated carbocycles. The second-order valence-electron chi connectivity index (χ2n) is 7.00. The zero-order valence-corrected chi connectivity index (χ0v) is 16.7. The van der Waals surface area contributed by atoms with Crippen LogP contribution in [0.2, 0.25) is 0 Å². The molecular formula is C21H28FN3O3. The summed E-state index contributed by atoms with van der Waals surface area (Å²) in [7, 11) is 0. The Morgan fingerprint density at radius 3 is 2.71 bits per heavy atom. The number of ether oxygens (including phenoxy) is 1. The lowest BCUT2D eigenvalue weighted by atomic mass is 10.2. The predicted octanol–water partition coefficient (Wildman–Crippen LogP) is 3.41. The van der Waals surface area contributed by atoms with E-state index >= 15 is 0 Å². The molecule has 1 aromatic carbocycles. The molecule has 6 nitrogen and oxygen atoms in total. The normalized spacial score (nSPS) is 10.8. The fraction of sp³-hybridized carbons (Fsp3) is 0.429. The number of carbonyl (C=O) groups excluding carboxylic acids is 2. The van der Waals surface area contributed by atoms with E-state index in [9.17, 15) is 14.0 Å². The zero-order chi connectivity index (χ0) is 20.5. The molecule has 2 aromatic rings. The van der Waals surface area contributed by atoms with Crippen molar-refractivity contribution in [1.82, 2.24) is 14.8 Å². The summed E-state index contributed by atoms with van der Waals surface area (Å²) in [6.07, 6.45) is 1.91. The Kier molecular flexibility index (Phi) is 8.04. The molecular weight excluding hydrogens is 361 g/mol. The van der Waals surface area contributed by atoms with E-state index in [1.165, 1.54) is 12.1 Å². The van der Waals surface area contributed by atoms with Gasteiger partial charge in [-0.1, -0.05) is 26.0 Å². The highest BCUT2D eigenvalue weighted by Crippen LogP contribution is 2.13. The van der Waals surface area contributed by atoms with Gasteiger partial charge in [-0.25, -0.2) is 9.18 Å². The molecule has 2 amide bonds. The first kappa shape index (κ1) is 21.5. The first-order valence-electron chi connectivity index (χ1n) is 9.46. The van der Waals surface area contributed by atoms with Gasteiger partial charge in [0.1, 0.15) is 12.4 Å². The van der Waals surface area contributed by atoms with Crippen LogP contribution in [0.5, 0.6) is 0 Å². The van der Waals surface area contributed by atoms with E-state index in [1.807, 2.05) is 42.8 Å². The smallest absolute Gasteiger partial charge is 0.325 e. The zero-order valence-electron chi connectivity index (χ0n) is 16.7. The van der Waals surface area contributed by atoms with Crippen molar-refractivity contribution in [3.8, 4) is 0 Å². The van der Waals surface area contributed by atoms with E-state index in [0.717, 1.165) is 11.3 Å². The lowest BCUT2D eigenvalue weighted by Gasteiger charge is -2.25. The molecule has 0 fully saturated rings. The molecule has 0 unspecified atom stereocenters. The minimum Gasteiger partial charge on any atom is -0.465 e. The van der Waals surface area contributed by atoms with Gasteiger partial charge in [-0.2, -0.15) is 0 Å². The third-order valence-corrected chi connectivity index (χ3v) is 4.08. The lowest BCUT2D eigenvalue weighted by Crippen LogP contribution is -2.43. The van der Waals surface area contributed by atoms with E-state index in [4.69, 9.17) is 4.74 Å². The van der Waals surface area contributed by atoms with Crippen molar-refractivity contribution in [1.29, 1.82) is 0 Å². The van der Waals surface area contributed by atoms with Crippen LogP contribution in [0.25, 0.3) is 0 Å². The van der Waals surface area contributed by atoms with Gasteiger partial charge < -0.3 is 19.5 Å². The van der Waals surface area contributed by atoms with Crippen LogP contribution in [0, 0.1) is 11.7 Å². The predicted molar refractivity (Wildman–Crippen MR) is 105 cm³/mol. The minimum absolute atomic E-state index is 0.161. The molecule has 1 heterocycles. The van der Waals surface area contributed by atoms with Crippen LogP contribution in [0.4, 0.5) is 9.18 Å². The molecule has 0 bridgehead atoms. The second kappa shape index (κ2) is 10.5. The molecule has 1 aromatic heterocycles.